The van der Waals surface area contributed by atoms with Crippen LogP contribution in [0.25, 0.3) is 0 Å². The maximum atomic E-state index is 11.1. The minimum absolute atomic E-state index is 0.185. The number of hydrogen-bond acceptors (Lipinski definition) is 4. The predicted molar refractivity (Wildman–Crippen MR) is 143 cm³/mol. The molecule has 1 fully saturated rings. The van der Waals surface area contributed by atoms with Gasteiger partial charge in [0, 0.05) is 6.42 Å². The molecule has 1 saturated carbocycles. The summed E-state index contributed by atoms with van der Waals surface area (Å²) >= 11 is 0. The van der Waals surface area contributed by atoms with Gasteiger partial charge in [-0.05, 0) is 11.8 Å². The van der Waals surface area contributed by atoms with Crippen LogP contribution >= 0.6 is 0 Å². The molecule has 8 nitrogen and oxygen atoms in total. The van der Waals surface area contributed by atoms with Gasteiger partial charge in [-0.1, -0.05) is 107 Å². The van der Waals surface area contributed by atoms with Gasteiger partial charge in [-0.3, -0.25) is 19.2 Å². The topological polar surface area (TPSA) is 130 Å². The summed E-state index contributed by atoms with van der Waals surface area (Å²) in [6.45, 7) is 18.3. The van der Waals surface area contributed by atoms with Crippen LogP contribution in [0.1, 0.15) is 114 Å². The van der Waals surface area contributed by atoms with E-state index in [0.29, 0.717) is 0 Å². The lowest BCUT2D eigenvalue weighted by molar-refractivity contribution is -0.128. The van der Waals surface area contributed by atoms with Crippen LogP contribution in [0.15, 0.2) is 0 Å². The number of hydrogen-bond donors (Lipinski definition) is 4. The molecule has 0 atom stereocenters. The summed E-state index contributed by atoms with van der Waals surface area (Å²) in [6, 6.07) is 0. The van der Waals surface area contributed by atoms with Crippen molar-refractivity contribution in [3.63, 3.8) is 0 Å². The average molecular weight is 489 g/mol. The van der Waals surface area contributed by atoms with Gasteiger partial charge in [0.05, 0.1) is 19.6 Å². The molecule has 0 aromatic carbocycles. The second-order valence-corrected chi connectivity index (χ2v) is 9.04. The number of carbonyl (C=O) groups is 4. The van der Waals surface area contributed by atoms with Crippen LogP contribution in [0.5, 0.6) is 0 Å². The molecule has 0 saturated heterocycles. The fraction of sp³-hybridized carbons (Fsp3) is 0.846. The molecule has 34 heavy (non-hydrogen) atoms. The van der Waals surface area contributed by atoms with Gasteiger partial charge in [-0.2, -0.15) is 0 Å². The Bertz CT molecular complexity index is 486. The Hall–Kier alpha value is -2.12. The Balaban J connectivity index is -0.000000214. The van der Waals surface area contributed by atoms with E-state index in [1.54, 1.807) is 6.92 Å². The van der Waals surface area contributed by atoms with Crippen molar-refractivity contribution >= 4 is 23.6 Å². The van der Waals surface area contributed by atoms with Crippen LogP contribution in [0.4, 0.5) is 0 Å². The molecule has 0 spiro atoms. The number of primary amides is 1. The molecule has 4 amide bonds. The molecule has 1 rings (SSSR count). The largest absolute Gasteiger partial charge is 0.368 e. The molecule has 1 aliphatic carbocycles. The molecule has 0 heterocycles. The predicted octanol–water partition coefficient (Wildman–Crippen LogP) is 4.31. The highest BCUT2D eigenvalue weighted by atomic mass is 16.2. The number of nitrogens with one attached hydrogen (secondary N) is 3. The van der Waals surface area contributed by atoms with Gasteiger partial charge in [0.15, 0.2) is 0 Å². The van der Waals surface area contributed by atoms with Crippen LogP contribution in [0, 0.1) is 11.8 Å². The second kappa shape index (κ2) is 30.9. The van der Waals surface area contributed by atoms with Crippen LogP contribution in [-0.4, -0.2) is 43.3 Å². The van der Waals surface area contributed by atoms with Gasteiger partial charge >= 0.3 is 0 Å². The molecule has 0 bridgehead atoms. The monoisotopic (exact) mass is 488 g/mol. The molecule has 0 aromatic rings. The zero-order chi connectivity index (χ0) is 27.4. The normalized spacial score (nSPS) is 11.9. The lowest BCUT2D eigenvalue weighted by Crippen LogP contribution is -2.43. The van der Waals surface area contributed by atoms with E-state index in [1.807, 2.05) is 0 Å². The van der Waals surface area contributed by atoms with E-state index in [1.165, 1.54) is 44.9 Å². The molecule has 0 aliphatic heterocycles. The van der Waals surface area contributed by atoms with Crippen LogP contribution in [0.2, 0.25) is 0 Å². The Labute approximate surface area is 210 Å². The zero-order valence-electron chi connectivity index (χ0n) is 23.6. The van der Waals surface area contributed by atoms with Crippen molar-refractivity contribution in [2.24, 2.45) is 17.6 Å². The van der Waals surface area contributed by atoms with Crippen LogP contribution in [0.3, 0.4) is 0 Å². The molecule has 0 aromatic heterocycles. The Morgan fingerprint density at radius 2 is 1.03 bits per heavy atom. The Kier molecular flexibility index (Phi) is 35.5. The smallest absolute Gasteiger partial charge is 0.239 e. The highest BCUT2D eigenvalue weighted by molar-refractivity contribution is 5.89. The van der Waals surface area contributed by atoms with Crippen molar-refractivity contribution in [1.29, 1.82) is 0 Å². The number of rotatable bonds is 7. The SMILES string of the molecule is CC(C)C.CC1CCCCC1.CCC.CCC.CCC(=O)NCC(=O)NCC(=O)NCC(N)=O. The van der Waals surface area contributed by atoms with Gasteiger partial charge in [0.25, 0.3) is 0 Å². The summed E-state index contributed by atoms with van der Waals surface area (Å²) < 4.78 is 0. The van der Waals surface area contributed by atoms with Gasteiger partial charge in [-0.25, -0.2) is 0 Å². The third-order valence-electron chi connectivity index (χ3n) is 3.57. The summed E-state index contributed by atoms with van der Waals surface area (Å²) in [4.78, 5) is 43.3. The van der Waals surface area contributed by atoms with E-state index < -0.39 is 17.7 Å². The molecule has 0 radical (unpaired) electrons. The quantitative estimate of drug-likeness (QED) is 0.425. The van der Waals surface area contributed by atoms with E-state index in [2.05, 4.69) is 71.3 Å². The summed E-state index contributed by atoms with van der Waals surface area (Å²) in [5.74, 6) is -0.0630. The first-order chi connectivity index (χ1) is 15.9. The molecule has 5 N–H and O–H groups in total. The fourth-order valence-corrected chi connectivity index (χ4v) is 2.10. The van der Waals surface area contributed by atoms with Crippen LogP contribution in [-0.2, 0) is 19.2 Å². The molecule has 0 unspecified atom stereocenters. The minimum atomic E-state index is -0.667. The van der Waals surface area contributed by atoms with Gasteiger partial charge in [0.1, 0.15) is 0 Å². The molecular formula is C26H56N4O4. The van der Waals surface area contributed by atoms with Crippen molar-refractivity contribution < 1.29 is 19.2 Å². The lowest BCUT2D eigenvalue weighted by atomic mass is 9.91. The third kappa shape index (κ3) is 47.6. The molecule has 1 aliphatic rings. The van der Waals surface area contributed by atoms with Gasteiger partial charge < -0.3 is 21.7 Å². The molecular weight excluding hydrogens is 432 g/mol. The highest BCUT2D eigenvalue weighted by Crippen LogP contribution is 2.22. The first-order valence-corrected chi connectivity index (χ1v) is 13.0. The fourth-order valence-electron chi connectivity index (χ4n) is 2.10. The standard InChI is InChI=1S/C9H16N4O4.C7H14.C4H10.2C3H8/c1-2-7(15)12-4-9(17)13-5-8(16)11-3-6(10)14;1-7-5-3-2-4-6-7;1-4(2)3;2*1-3-2/h2-5H2,1H3,(H2,10,14)(H,11,16)(H,12,15)(H,13,17);7H,2-6H2,1H3;4H,1-3H3;2*3H2,1-2H3. The lowest BCUT2D eigenvalue weighted by Gasteiger charge is -2.15. The van der Waals surface area contributed by atoms with Crippen LogP contribution < -0.4 is 21.7 Å². The van der Waals surface area contributed by atoms with Crippen molar-refractivity contribution in [2.75, 3.05) is 19.6 Å². The molecule has 8 heteroatoms. The van der Waals surface area contributed by atoms with E-state index in [9.17, 15) is 19.2 Å². The first-order valence-electron chi connectivity index (χ1n) is 13.0. The van der Waals surface area contributed by atoms with E-state index in [4.69, 9.17) is 5.73 Å². The maximum Gasteiger partial charge on any atom is 0.239 e. The van der Waals surface area contributed by atoms with Crippen molar-refractivity contribution in [2.45, 2.75) is 114 Å². The van der Waals surface area contributed by atoms with Gasteiger partial charge in [0.2, 0.25) is 23.6 Å². The van der Waals surface area contributed by atoms with Crippen molar-refractivity contribution in [3.8, 4) is 0 Å². The summed E-state index contributed by atoms with van der Waals surface area (Å²) in [5, 5.41) is 6.82. The zero-order valence-corrected chi connectivity index (χ0v) is 23.6. The Morgan fingerprint density at radius 1 is 0.706 bits per heavy atom. The average Bonchev–Trinajstić information content (AvgIpc) is 2.76. The van der Waals surface area contributed by atoms with E-state index in [-0.39, 0.29) is 32.0 Å². The number of amides is 4. The molecule has 204 valence electrons. The van der Waals surface area contributed by atoms with E-state index >= 15 is 0 Å². The number of carbonyl (C=O) groups excluding carboxylic acids is 4. The van der Waals surface area contributed by atoms with E-state index in [0.717, 1.165) is 11.8 Å². The minimum Gasteiger partial charge on any atom is -0.368 e. The summed E-state index contributed by atoms with van der Waals surface area (Å²) in [7, 11) is 0. The summed E-state index contributed by atoms with van der Waals surface area (Å²) in [6.07, 6.45) is 10.2. The Morgan fingerprint density at radius 3 is 1.29 bits per heavy atom. The third-order valence-corrected chi connectivity index (χ3v) is 3.57. The van der Waals surface area contributed by atoms with Crippen molar-refractivity contribution in [3.05, 3.63) is 0 Å². The van der Waals surface area contributed by atoms with Gasteiger partial charge in [-0.15, -0.1) is 0 Å². The van der Waals surface area contributed by atoms with Crippen molar-refractivity contribution in [1.82, 2.24) is 16.0 Å². The number of nitrogens with two attached hydrogens (primary N) is 1. The highest BCUT2D eigenvalue weighted by Gasteiger charge is 2.07. The second-order valence-electron chi connectivity index (χ2n) is 9.04. The first kappa shape index (κ1) is 39.1. The summed E-state index contributed by atoms with van der Waals surface area (Å²) in [5.41, 5.74) is 4.80. The maximum absolute atomic E-state index is 11.1.